The maximum atomic E-state index is 13.3. The molecule has 1 aliphatic carbocycles. The number of carbonyl (C=O) groups is 3. The lowest BCUT2D eigenvalue weighted by atomic mass is 9.81. The molecule has 12 nitrogen and oxygen atoms in total. The van der Waals surface area contributed by atoms with Crippen LogP contribution in [0.5, 0.6) is 0 Å². The predicted molar refractivity (Wildman–Crippen MR) is 141 cm³/mol. The zero-order chi connectivity index (χ0) is 26.8. The lowest BCUT2D eigenvalue weighted by Crippen LogP contribution is -2.56. The summed E-state index contributed by atoms with van der Waals surface area (Å²) in [6.45, 7) is 1.68. The highest BCUT2D eigenvalue weighted by atomic mass is 35.5. The van der Waals surface area contributed by atoms with Crippen molar-refractivity contribution in [3.05, 3.63) is 51.1 Å². The molecule has 0 saturated heterocycles. The van der Waals surface area contributed by atoms with Crippen LogP contribution in [-0.2, 0) is 29.6 Å². The molecule has 0 aromatic carbocycles. The van der Waals surface area contributed by atoms with Gasteiger partial charge >= 0.3 is 11.8 Å². The van der Waals surface area contributed by atoms with E-state index in [-0.39, 0.29) is 17.6 Å². The van der Waals surface area contributed by atoms with Crippen LogP contribution in [0.15, 0.2) is 24.7 Å². The minimum absolute atomic E-state index is 0.0335. The third-order valence-corrected chi connectivity index (χ3v) is 8.19. The van der Waals surface area contributed by atoms with E-state index in [1.165, 1.54) is 29.9 Å². The number of halogens is 1. The zero-order valence-electron chi connectivity index (χ0n) is 21.0. The van der Waals surface area contributed by atoms with Crippen molar-refractivity contribution in [3.63, 3.8) is 0 Å². The van der Waals surface area contributed by atoms with Gasteiger partial charge in [0.05, 0.1) is 16.8 Å². The number of amides is 3. The Morgan fingerprint density at radius 3 is 2.66 bits per heavy atom. The van der Waals surface area contributed by atoms with Crippen molar-refractivity contribution in [1.82, 2.24) is 40.3 Å². The summed E-state index contributed by atoms with van der Waals surface area (Å²) in [6.07, 6.45) is 5.47. The Labute approximate surface area is 228 Å². The van der Waals surface area contributed by atoms with E-state index in [4.69, 9.17) is 11.6 Å². The molecular weight excluding hydrogens is 530 g/mol. The summed E-state index contributed by atoms with van der Waals surface area (Å²) in [5.74, 6) is -0.888. The largest absolute Gasteiger partial charge is 0.345 e. The van der Waals surface area contributed by atoms with Gasteiger partial charge in [-0.25, -0.2) is 15.0 Å². The third kappa shape index (κ3) is 5.84. The van der Waals surface area contributed by atoms with Crippen LogP contribution in [0, 0.1) is 0 Å². The lowest BCUT2D eigenvalue weighted by Gasteiger charge is -2.36. The number of hydrogen-bond acceptors (Lipinski definition) is 9. The maximum absolute atomic E-state index is 13.3. The highest BCUT2D eigenvalue weighted by molar-refractivity contribution is 7.13. The number of aromatic nitrogens is 5. The maximum Gasteiger partial charge on any atom is 0.314 e. The van der Waals surface area contributed by atoms with Crippen LogP contribution in [0.25, 0.3) is 0 Å². The van der Waals surface area contributed by atoms with Crippen molar-refractivity contribution in [2.24, 2.45) is 7.05 Å². The Balaban J connectivity index is 1.30. The topological polar surface area (TPSA) is 147 Å². The van der Waals surface area contributed by atoms with E-state index in [0.29, 0.717) is 29.3 Å². The number of hydrogen-bond donors (Lipinski definition) is 3. The molecule has 0 unspecified atom stereocenters. The van der Waals surface area contributed by atoms with Crippen molar-refractivity contribution in [2.45, 2.75) is 50.2 Å². The smallest absolute Gasteiger partial charge is 0.314 e. The SMILES string of the molecule is CN1CCc2nc(C(=O)N[C@@H]3C[C@@H](c4ncnn4C)CC[C@@H]3NC(=O)C(=O)Nc3ccc(Cl)cn3)sc2C1. The number of anilines is 1. The Morgan fingerprint density at radius 1 is 1.08 bits per heavy atom. The number of thiazole rings is 1. The summed E-state index contributed by atoms with van der Waals surface area (Å²) in [7, 11) is 3.87. The fourth-order valence-electron chi connectivity index (χ4n) is 4.92. The Hall–Kier alpha value is -3.42. The quantitative estimate of drug-likeness (QED) is 0.400. The van der Waals surface area contributed by atoms with Crippen molar-refractivity contribution in [1.29, 1.82) is 0 Å². The van der Waals surface area contributed by atoms with Crippen LogP contribution >= 0.6 is 22.9 Å². The standard InChI is InChI=1S/C24H28ClN9O3S/c1-33-8-7-16-18(11-33)38-24(31-16)23(37)30-17-9-13(20-27-12-28-34(20)2)3-5-15(17)29-21(35)22(36)32-19-6-4-14(25)10-26-19/h4,6,10,12-13,15,17H,3,5,7-9,11H2,1-2H3,(H,29,35)(H,30,37)(H,26,32,36)/t13-,15-,17+/m0/s1. The highest BCUT2D eigenvalue weighted by Crippen LogP contribution is 2.32. The van der Waals surface area contributed by atoms with E-state index in [1.807, 2.05) is 14.1 Å². The van der Waals surface area contributed by atoms with E-state index in [9.17, 15) is 14.4 Å². The summed E-state index contributed by atoms with van der Waals surface area (Å²) in [5, 5.41) is 13.4. The molecular formula is C24H28ClN9O3S. The molecule has 3 atom stereocenters. The summed E-state index contributed by atoms with van der Waals surface area (Å²) < 4.78 is 1.72. The van der Waals surface area contributed by atoms with Gasteiger partial charge < -0.3 is 20.9 Å². The molecule has 3 aromatic heterocycles. The monoisotopic (exact) mass is 557 g/mol. The summed E-state index contributed by atoms with van der Waals surface area (Å²) in [5.41, 5.74) is 0.969. The second-order valence-electron chi connectivity index (χ2n) is 9.60. The van der Waals surface area contributed by atoms with Crippen molar-refractivity contribution < 1.29 is 14.4 Å². The zero-order valence-corrected chi connectivity index (χ0v) is 22.6. The first-order valence-electron chi connectivity index (χ1n) is 12.3. The van der Waals surface area contributed by atoms with Crippen molar-refractivity contribution in [2.75, 3.05) is 18.9 Å². The molecule has 0 spiro atoms. The molecule has 0 radical (unpaired) electrons. The third-order valence-electron chi connectivity index (χ3n) is 6.89. The second kappa shape index (κ2) is 11.1. The normalized spacial score (nSPS) is 21.4. The molecule has 38 heavy (non-hydrogen) atoms. The van der Waals surface area contributed by atoms with Gasteiger partial charge in [0, 0.05) is 49.6 Å². The minimum Gasteiger partial charge on any atom is -0.345 e. The first-order valence-corrected chi connectivity index (χ1v) is 13.5. The number of nitrogens with zero attached hydrogens (tertiary/aromatic N) is 6. The molecule has 3 N–H and O–H groups in total. The fourth-order valence-corrected chi connectivity index (χ4v) is 6.12. The van der Waals surface area contributed by atoms with E-state index in [1.54, 1.807) is 10.7 Å². The first kappa shape index (κ1) is 26.2. The van der Waals surface area contributed by atoms with Gasteiger partial charge in [0.2, 0.25) is 0 Å². The summed E-state index contributed by atoms with van der Waals surface area (Å²) >= 11 is 7.23. The fraction of sp³-hybridized carbons (Fsp3) is 0.458. The number of fused-ring (bicyclic) bond motifs is 1. The Morgan fingerprint density at radius 2 is 1.92 bits per heavy atom. The summed E-state index contributed by atoms with van der Waals surface area (Å²) in [4.78, 5) is 54.9. The van der Waals surface area contributed by atoms with Crippen LogP contribution in [0.2, 0.25) is 5.02 Å². The number of carbonyl (C=O) groups excluding carboxylic acids is 3. The van der Waals surface area contributed by atoms with Gasteiger partial charge in [0.25, 0.3) is 5.91 Å². The van der Waals surface area contributed by atoms with Crippen LogP contribution in [0.4, 0.5) is 5.82 Å². The molecule has 1 aliphatic heterocycles. The molecule has 14 heteroatoms. The molecule has 0 bridgehead atoms. The van der Waals surface area contributed by atoms with Crippen LogP contribution in [-0.4, -0.2) is 73.0 Å². The molecule has 3 amide bonds. The van der Waals surface area contributed by atoms with E-state index >= 15 is 0 Å². The number of nitrogens with one attached hydrogen (secondary N) is 3. The Bertz CT molecular complexity index is 1340. The molecule has 5 rings (SSSR count). The lowest BCUT2D eigenvalue weighted by molar-refractivity contribution is -0.136. The predicted octanol–water partition coefficient (Wildman–Crippen LogP) is 1.50. The molecule has 1 fully saturated rings. The number of likely N-dealkylation sites (N-methyl/N-ethyl adjacent to an activating group) is 1. The average molecular weight is 558 g/mol. The van der Waals surface area contributed by atoms with Gasteiger partial charge in [-0.3, -0.25) is 19.1 Å². The van der Waals surface area contributed by atoms with E-state index in [0.717, 1.165) is 35.9 Å². The van der Waals surface area contributed by atoms with E-state index in [2.05, 4.69) is 40.9 Å². The van der Waals surface area contributed by atoms with Crippen LogP contribution in [0.3, 0.4) is 0 Å². The molecule has 3 aromatic rings. The van der Waals surface area contributed by atoms with Gasteiger partial charge in [0.15, 0.2) is 5.01 Å². The van der Waals surface area contributed by atoms with Gasteiger partial charge in [-0.15, -0.1) is 11.3 Å². The molecule has 1 saturated carbocycles. The van der Waals surface area contributed by atoms with Crippen molar-refractivity contribution in [3.8, 4) is 0 Å². The average Bonchev–Trinajstić information content (AvgIpc) is 3.52. The Kier molecular flexibility index (Phi) is 7.68. The van der Waals surface area contributed by atoms with Gasteiger partial charge in [-0.1, -0.05) is 11.6 Å². The van der Waals surface area contributed by atoms with Gasteiger partial charge in [0.1, 0.15) is 18.0 Å². The van der Waals surface area contributed by atoms with Gasteiger partial charge in [-0.05, 0) is 38.4 Å². The first-order chi connectivity index (χ1) is 18.3. The van der Waals surface area contributed by atoms with Crippen LogP contribution < -0.4 is 16.0 Å². The van der Waals surface area contributed by atoms with Crippen LogP contribution in [0.1, 0.15) is 51.4 Å². The molecule has 4 heterocycles. The van der Waals surface area contributed by atoms with Crippen molar-refractivity contribution >= 4 is 46.5 Å². The number of aryl methyl sites for hydroxylation is 1. The van der Waals surface area contributed by atoms with Gasteiger partial charge in [-0.2, -0.15) is 5.10 Å². The molecule has 200 valence electrons. The summed E-state index contributed by atoms with van der Waals surface area (Å²) in [6, 6.07) is 2.18. The molecule has 2 aliphatic rings. The van der Waals surface area contributed by atoms with E-state index < -0.39 is 23.9 Å². The minimum atomic E-state index is -0.850. The number of rotatable bonds is 5. The highest BCUT2D eigenvalue weighted by Gasteiger charge is 2.36. The second-order valence-corrected chi connectivity index (χ2v) is 11.1. The number of pyridine rings is 1.